The molecule has 6 heteroatoms. The lowest BCUT2D eigenvalue weighted by Crippen LogP contribution is -2.06. The maximum absolute atomic E-state index is 13.3. The van der Waals surface area contributed by atoms with Gasteiger partial charge in [-0.3, -0.25) is 0 Å². The minimum Gasteiger partial charge on any atom is -0.486 e. The SMILES string of the molecule is O=C(O)c1ccc(F)cc1COc1ccc(F)cc1F. The van der Waals surface area contributed by atoms with E-state index in [1.165, 1.54) is 0 Å². The fourth-order valence-corrected chi connectivity index (χ4v) is 1.64. The Morgan fingerprint density at radius 3 is 2.35 bits per heavy atom. The third kappa shape index (κ3) is 3.09. The van der Waals surface area contributed by atoms with Gasteiger partial charge in [-0.25, -0.2) is 18.0 Å². The van der Waals surface area contributed by atoms with Crippen LogP contribution >= 0.6 is 0 Å². The first-order valence-corrected chi connectivity index (χ1v) is 5.57. The molecule has 104 valence electrons. The van der Waals surface area contributed by atoms with Gasteiger partial charge in [0.05, 0.1) is 5.56 Å². The van der Waals surface area contributed by atoms with E-state index in [1.807, 2.05) is 0 Å². The normalized spacial score (nSPS) is 10.3. The summed E-state index contributed by atoms with van der Waals surface area (Å²) in [5.41, 5.74) is -0.0878. The molecule has 0 aromatic heterocycles. The molecule has 0 aliphatic carbocycles. The molecule has 0 saturated heterocycles. The molecule has 1 N–H and O–H groups in total. The molecule has 0 heterocycles. The van der Waals surface area contributed by atoms with Gasteiger partial charge in [0.15, 0.2) is 11.6 Å². The molecule has 0 atom stereocenters. The van der Waals surface area contributed by atoms with Gasteiger partial charge in [-0.15, -0.1) is 0 Å². The number of aromatic carboxylic acids is 1. The van der Waals surface area contributed by atoms with Gasteiger partial charge in [0.2, 0.25) is 0 Å². The summed E-state index contributed by atoms with van der Waals surface area (Å²) >= 11 is 0. The van der Waals surface area contributed by atoms with Gasteiger partial charge in [0.1, 0.15) is 18.2 Å². The maximum atomic E-state index is 13.3. The molecule has 0 aliphatic heterocycles. The number of benzene rings is 2. The summed E-state index contributed by atoms with van der Waals surface area (Å²) in [6.07, 6.45) is 0. The topological polar surface area (TPSA) is 46.5 Å². The van der Waals surface area contributed by atoms with Crippen molar-refractivity contribution < 1.29 is 27.8 Å². The minimum absolute atomic E-state index is 0.0567. The van der Waals surface area contributed by atoms with Crippen molar-refractivity contribution in [2.24, 2.45) is 0 Å². The van der Waals surface area contributed by atoms with Gasteiger partial charge in [-0.2, -0.15) is 0 Å². The van der Waals surface area contributed by atoms with E-state index in [2.05, 4.69) is 0 Å². The van der Waals surface area contributed by atoms with Crippen LogP contribution in [0.25, 0.3) is 0 Å². The molecule has 0 amide bonds. The third-order valence-corrected chi connectivity index (χ3v) is 2.57. The van der Waals surface area contributed by atoms with Crippen LogP contribution in [0.5, 0.6) is 5.75 Å². The van der Waals surface area contributed by atoms with Crippen LogP contribution in [0, 0.1) is 17.5 Å². The van der Waals surface area contributed by atoms with Crippen LogP contribution < -0.4 is 4.74 Å². The highest BCUT2D eigenvalue weighted by Gasteiger charge is 2.13. The number of ether oxygens (including phenoxy) is 1. The number of halogens is 3. The minimum atomic E-state index is -1.25. The van der Waals surface area contributed by atoms with Crippen molar-refractivity contribution in [1.82, 2.24) is 0 Å². The molecule has 0 aliphatic rings. The van der Waals surface area contributed by atoms with Crippen LogP contribution in [-0.4, -0.2) is 11.1 Å². The van der Waals surface area contributed by atoms with Gasteiger partial charge < -0.3 is 9.84 Å². The molecule has 0 spiro atoms. The Hall–Kier alpha value is -2.50. The molecule has 3 nitrogen and oxygen atoms in total. The molecule has 0 saturated carbocycles. The zero-order valence-electron chi connectivity index (χ0n) is 10.1. The zero-order valence-corrected chi connectivity index (χ0v) is 10.1. The maximum Gasteiger partial charge on any atom is 0.336 e. The van der Waals surface area contributed by atoms with Crippen molar-refractivity contribution in [3.63, 3.8) is 0 Å². The molecular formula is C14H9F3O3. The largest absolute Gasteiger partial charge is 0.486 e. The second-order valence-corrected chi connectivity index (χ2v) is 3.97. The van der Waals surface area contributed by atoms with Crippen molar-refractivity contribution in [2.45, 2.75) is 6.61 Å². The lowest BCUT2D eigenvalue weighted by molar-refractivity contribution is 0.0694. The van der Waals surface area contributed by atoms with E-state index in [0.717, 1.165) is 30.3 Å². The van der Waals surface area contributed by atoms with Crippen LogP contribution in [0.2, 0.25) is 0 Å². The van der Waals surface area contributed by atoms with Crippen LogP contribution in [0.1, 0.15) is 15.9 Å². The Kier molecular flexibility index (Phi) is 3.93. The van der Waals surface area contributed by atoms with E-state index in [-0.39, 0.29) is 23.5 Å². The van der Waals surface area contributed by atoms with Gasteiger partial charge in [0, 0.05) is 11.6 Å². The van der Waals surface area contributed by atoms with Crippen molar-refractivity contribution in [1.29, 1.82) is 0 Å². The Morgan fingerprint density at radius 2 is 1.70 bits per heavy atom. The highest BCUT2D eigenvalue weighted by Crippen LogP contribution is 2.20. The third-order valence-electron chi connectivity index (χ3n) is 2.57. The molecule has 20 heavy (non-hydrogen) atoms. The molecule has 0 radical (unpaired) electrons. The van der Waals surface area contributed by atoms with Crippen LogP contribution in [0.4, 0.5) is 13.2 Å². The summed E-state index contributed by atoms with van der Waals surface area (Å²) in [4.78, 5) is 11.0. The highest BCUT2D eigenvalue weighted by molar-refractivity contribution is 5.89. The molecular weight excluding hydrogens is 273 g/mol. The average Bonchev–Trinajstić information content (AvgIpc) is 2.37. The highest BCUT2D eigenvalue weighted by atomic mass is 19.1. The summed E-state index contributed by atoms with van der Waals surface area (Å²) in [5, 5.41) is 8.94. The van der Waals surface area contributed by atoms with Gasteiger partial charge in [-0.05, 0) is 30.3 Å². The van der Waals surface area contributed by atoms with E-state index in [4.69, 9.17) is 9.84 Å². The number of carbonyl (C=O) groups is 1. The van der Waals surface area contributed by atoms with Crippen molar-refractivity contribution in [3.05, 3.63) is 65.0 Å². The van der Waals surface area contributed by atoms with Crippen molar-refractivity contribution in [3.8, 4) is 5.75 Å². The van der Waals surface area contributed by atoms with E-state index in [0.29, 0.717) is 6.07 Å². The van der Waals surface area contributed by atoms with Gasteiger partial charge in [-0.1, -0.05) is 0 Å². The number of hydrogen-bond acceptors (Lipinski definition) is 2. The number of carboxylic acids is 1. The summed E-state index contributed by atoms with van der Waals surface area (Å²) in [6.45, 7) is -0.345. The lowest BCUT2D eigenvalue weighted by atomic mass is 10.1. The number of rotatable bonds is 4. The predicted octanol–water partition coefficient (Wildman–Crippen LogP) is 3.38. The van der Waals surface area contributed by atoms with E-state index >= 15 is 0 Å². The number of carboxylic acid groups (broad SMARTS) is 1. The Labute approximate surface area is 112 Å². The first-order valence-electron chi connectivity index (χ1n) is 5.57. The number of hydrogen-bond donors (Lipinski definition) is 1. The smallest absolute Gasteiger partial charge is 0.336 e. The zero-order chi connectivity index (χ0) is 14.7. The molecule has 2 aromatic carbocycles. The quantitative estimate of drug-likeness (QED) is 0.935. The predicted molar refractivity (Wildman–Crippen MR) is 64.0 cm³/mol. The Balaban J connectivity index is 2.22. The molecule has 0 bridgehead atoms. The first kappa shape index (κ1) is 13.9. The average molecular weight is 282 g/mol. The molecule has 2 aromatic rings. The monoisotopic (exact) mass is 282 g/mol. The molecule has 0 unspecified atom stereocenters. The Morgan fingerprint density at radius 1 is 1.05 bits per heavy atom. The van der Waals surface area contributed by atoms with Gasteiger partial charge in [0.25, 0.3) is 0 Å². The molecule has 2 rings (SSSR count). The van der Waals surface area contributed by atoms with Crippen molar-refractivity contribution >= 4 is 5.97 Å². The van der Waals surface area contributed by atoms with Crippen LogP contribution in [0.15, 0.2) is 36.4 Å². The summed E-state index contributed by atoms with van der Waals surface area (Å²) in [7, 11) is 0. The van der Waals surface area contributed by atoms with E-state index in [1.54, 1.807) is 0 Å². The summed E-state index contributed by atoms with van der Waals surface area (Å²) in [5.74, 6) is -3.80. The van der Waals surface area contributed by atoms with Crippen molar-refractivity contribution in [2.75, 3.05) is 0 Å². The standard InChI is InChI=1S/C14H9F3O3/c15-9-1-3-11(14(18)19)8(5-9)7-20-13-4-2-10(16)6-12(13)17/h1-6H,7H2,(H,18,19). The van der Waals surface area contributed by atoms with E-state index in [9.17, 15) is 18.0 Å². The summed E-state index contributed by atoms with van der Waals surface area (Å²) in [6, 6.07) is 5.80. The van der Waals surface area contributed by atoms with Gasteiger partial charge >= 0.3 is 5.97 Å². The lowest BCUT2D eigenvalue weighted by Gasteiger charge is -2.09. The van der Waals surface area contributed by atoms with Crippen LogP contribution in [0.3, 0.4) is 0 Å². The van der Waals surface area contributed by atoms with E-state index < -0.39 is 23.4 Å². The first-order chi connectivity index (χ1) is 9.47. The second kappa shape index (κ2) is 5.64. The molecule has 0 fully saturated rings. The fraction of sp³-hybridized carbons (Fsp3) is 0.0714. The second-order valence-electron chi connectivity index (χ2n) is 3.97. The Bertz CT molecular complexity index is 656. The fourth-order valence-electron chi connectivity index (χ4n) is 1.64. The van der Waals surface area contributed by atoms with Crippen LogP contribution in [-0.2, 0) is 6.61 Å². The summed E-state index contributed by atoms with van der Waals surface area (Å²) < 4.78 is 44.2.